The highest BCUT2D eigenvalue weighted by atomic mass is 19.3. The average molecular weight is 281 g/mol. The molecule has 1 aliphatic carbocycles. The van der Waals surface area contributed by atoms with Gasteiger partial charge in [0.25, 0.3) is 0 Å². The molecule has 2 rings (SSSR count). The highest BCUT2D eigenvalue weighted by Crippen LogP contribution is 2.40. The lowest BCUT2D eigenvalue weighted by atomic mass is 9.79. The lowest BCUT2D eigenvalue weighted by molar-refractivity contribution is -0.0483. The Labute approximate surface area is 120 Å². The Balaban J connectivity index is 2.04. The van der Waals surface area contributed by atoms with E-state index in [9.17, 15) is 8.78 Å². The lowest BCUT2D eigenvalue weighted by Crippen LogP contribution is -2.31. The van der Waals surface area contributed by atoms with Crippen LogP contribution in [0, 0.1) is 11.8 Å². The first-order valence-electron chi connectivity index (χ1n) is 7.59. The normalized spacial score (nSPS) is 21.1. The molecule has 112 valence electrons. The van der Waals surface area contributed by atoms with Crippen LogP contribution in [0.2, 0.25) is 0 Å². The molecule has 1 atom stereocenters. The van der Waals surface area contributed by atoms with Crippen molar-refractivity contribution in [1.82, 2.24) is 0 Å². The van der Waals surface area contributed by atoms with Crippen LogP contribution in [0.3, 0.4) is 0 Å². The van der Waals surface area contributed by atoms with Crippen LogP contribution in [0.25, 0.3) is 0 Å². The molecular weight excluding hydrogens is 256 g/mol. The van der Waals surface area contributed by atoms with Gasteiger partial charge in [0.15, 0.2) is 0 Å². The van der Waals surface area contributed by atoms with Crippen molar-refractivity contribution in [2.75, 3.05) is 0 Å². The van der Waals surface area contributed by atoms with Crippen molar-refractivity contribution < 1.29 is 8.78 Å². The summed E-state index contributed by atoms with van der Waals surface area (Å²) in [7, 11) is 0. The standard InChI is InChI=1S/C17H25F2N/c1-12(2)10-13-4-3-5-15(11-13)16(20)14-6-8-17(18,19)9-7-14/h3-5,11-12,14,16H,6-10,20H2,1-2H3. The van der Waals surface area contributed by atoms with Gasteiger partial charge in [0.1, 0.15) is 0 Å². The van der Waals surface area contributed by atoms with Crippen LogP contribution in [-0.2, 0) is 6.42 Å². The van der Waals surface area contributed by atoms with Gasteiger partial charge in [0.05, 0.1) is 0 Å². The Hall–Kier alpha value is -0.960. The molecule has 2 N–H and O–H groups in total. The van der Waals surface area contributed by atoms with E-state index in [0.29, 0.717) is 18.8 Å². The topological polar surface area (TPSA) is 26.0 Å². The summed E-state index contributed by atoms with van der Waals surface area (Å²) in [5, 5.41) is 0. The van der Waals surface area contributed by atoms with Crippen molar-refractivity contribution in [1.29, 1.82) is 0 Å². The second-order valence-electron chi connectivity index (χ2n) is 6.56. The number of halogens is 2. The third kappa shape index (κ3) is 4.02. The number of hydrogen-bond acceptors (Lipinski definition) is 1. The van der Waals surface area contributed by atoms with Crippen LogP contribution in [0.4, 0.5) is 8.78 Å². The highest BCUT2D eigenvalue weighted by Gasteiger charge is 2.37. The number of nitrogens with two attached hydrogens (primary N) is 1. The van der Waals surface area contributed by atoms with E-state index in [1.54, 1.807) is 0 Å². The van der Waals surface area contributed by atoms with E-state index >= 15 is 0 Å². The summed E-state index contributed by atoms with van der Waals surface area (Å²) < 4.78 is 26.4. The maximum Gasteiger partial charge on any atom is 0.248 e. The van der Waals surface area contributed by atoms with Crippen molar-refractivity contribution in [3.05, 3.63) is 35.4 Å². The highest BCUT2D eigenvalue weighted by molar-refractivity contribution is 5.26. The van der Waals surface area contributed by atoms with Crippen LogP contribution >= 0.6 is 0 Å². The number of rotatable bonds is 4. The summed E-state index contributed by atoms with van der Waals surface area (Å²) in [5.41, 5.74) is 8.70. The minimum absolute atomic E-state index is 0.0168. The van der Waals surface area contributed by atoms with Crippen LogP contribution < -0.4 is 5.73 Å². The molecule has 0 aromatic heterocycles. The van der Waals surface area contributed by atoms with Gasteiger partial charge in [-0.25, -0.2) is 8.78 Å². The smallest absolute Gasteiger partial charge is 0.248 e. The predicted molar refractivity (Wildman–Crippen MR) is 78.8 cm³/mol. The van der Waals surface area contributed by atoms with Crippen molar-refractivity contribution >= 4 is 0 Å². The summed E-state index contributed by atoms with van der Waals surface area (Å²) >= 11 is 0. The second-order valence-corrected chi connectivity index (χ2v) is 6.56. The fraction of sp³-hybridized carbons (Fsp3) is 0.647. The Bertz CT molecular complexity index is 432. The van der Waals surface area contributed by atoms with E-state index in [4.69, 9.17) is 5.73 Å². The SMILES string of the molecule is CC(C)Cc1cccc(C(N)C2CCC(F)(F)CC2)c1. The molecule has 1 fully saturated rings. The first-order valence-corrected chi connectivity index (χ1v) is 7.59. The molecule has 1 nitrogen and oxygen atoms in total. The molecule has 0 spiro atoms. The first kappa shape index (κ1) is 15.4. The molecule has 20 heavy (non-hydrogen) atoms. The fourth-order valence-electron chi connectivity index (χ4n) is 3.09. The van der Waals surface area contributed by atoms with E-state index < -0.39 is 5.92 Å². The van der Waals surface area contributed by atoms with E-state index in [2.05, 4.69) is 26.0 Å². The van der Waals surface area contributed by atoms with Crippen molar-refractivity contribution in [3.63, 3.8) is 0 Å². The van der Waals surface area contributed by atoms with Crippen LogP contribution in [0.15, 0.2) is 24.3 Å². The van der Waals surface area contributed by atoms with Crippen molar-refractivity contribution in [3.8, 4) is 0 Å². The van der Waals surface area contributed by atoms with E-state index in [0.717, 1.165) is 12.0 Å². The molecule has 1 aromatic carbocycles. The molecule has 1 unspecified atom stereocenters. The third-order valence-electron chi connectivity index (χ3n) is 4.25. The fourth-order valence-corrected chi connectivity index (χ4v) is 3.09. The Morgan fingerprint density at radius 2 is 1.90 bits per heavy atom. The van der Waals surface area contributed by atoms with E-state index in [1.165, 1.54) is 5.56 Å². The molecule has 0 amide bonds. The van der Waals surface area contributed by atoms with Gasteiger partial charge in [-0.15, -0.1) is 0 Å². The minimum atomic E-state index is -2.48. The quantitative estimate of drug-likeness (QED) is 0.849. The van der Waals surface area contributed by atoms with Crippen molar-refractivity contribution in [2.24, 2.45) is 17.6 Å². The van der Waals surface area contributed by atoms with Gasteiger partial charge in [-0.1, -0.05) is 38.1 Å². The molecule has 0 aliphatic heterocycles. The monoisotopic (exact) mass is 281 g/mol. The molecule has 1 saturated carbocycles. The molecule has 3 heteroatoms. The molecule has 1 aromatic rings. The summed E-state index contributed by atoms with van der Waals surface area (Å²) in [6.45, 7) is 4.38. The molecule has 1 aliphatic rings. The number of hydrogen-bond donors (Lipinski definition) is 1. The van der Waals surface area contributed by atoms with Crippen LogP contribution in [0.5, 0.6) is 0 Å². The zero-order valence-corrected chi connectivity index (χ0v) is 12.4. The van der Waals surface area contributed by atoms with Crippen molar-refractivity contribution in [2.45, 2.75) is 57.9 Å². The maximum absolute atomic E-state index is 13.2. The number of benzene rings is 1. The van der Waals surface area contributed by atoms with Gasteiger partial charge >= 0.3 is 0 Å². The molecule has 0 bridgehead atoms. The van der Waals surface area contributed by atoms with Crippen LogP contribution in [0.1, 0.15) is 56.7 Å². The molecule has 0 saturated heterocycles. The second kappa shape index (κ2) is 6.21. The van der Waals surface area contributed by atoms with Gasteiger partial charge in [-0.2, -0.15) is 0 Å². The van der Waals surface area contributed by atoms with Gasteiger partial charge in [-0.05, 0) is 42.2 Å². The largest absolute Gasteiger partial charge is 0.324 e. The van der Waals surface area contributed by atoms with Gasteiger partial charge < -0.3 is 5.73 Å². The van der Waals surface area contributed by atoms with Gasteiger partial charge in [-0.3, -0.25) is 0 Å². The first-order chi connectivity index (χ1) is 9.37. The van der Waals surface area contributed by atoms with Gasteiger partial charge in [0.2, 0.25) is 5.92 Å². The Morgan fingerprint density at radius 3 is 2.50 bits per heavy atom. The number of alkyl halides is 2. The minimum Gasteiger partial charge on any atom is -0.324 e. The zero-order valence-electron chi connectivity index (χ0n) is 12.4. The Morgan fingerprint density at radius 1 is 1.25 bits per heavy atom. The lowest BCUT2D eigenvalue weighted by Gasteiger charge is -2.32. The summed E-state index contributed by atoms with van der Waals surface area (Å²) in [5.74, 6) is -1.69. The average Bonchev–Trinajstić information content (AvgIpc) is 2.37. The third-order valence-corrected chi connectivity index (χ3v) is 4.25. The molecular formula is C17H25F2N. The zero-order chi connectivity index (χ0) is 14.8. The summed E-state index contributed by atoms with van der Waals surface area (Å²) in [4.78, 5) is 0. The van der Waals surface area contributed by atoms with E-state index in [1.807, 2.05) is 12.1 Å². The van der Waals surface area contributed by atoms with E-state index in [-0.39, 0.29) is 24.8 Å². The summed E-state index contributed by atoms with van der Waals surface area (Å²) in [6, 6.07) is 8.21. The maximum atomic E-state index is 13.2. The van der Waals surface area contributed by atoms with Gasteiger partial charge in [0, 0.05) is 18.9 Å². The predicted octanol–water partition coefficient (Wildman–Crippen LogP) is 4.71. The molecule has 0 radical (unpaired) electrons. The Kier molecular flexibility index (Phi) is 4.79. The molecule has 0 heterocycles. The summed E-state index contributed by atoms with van der Waals surface area (Å²) in [6.07, 6.45) is 2.06. The van der Waals surface area contributed by atoms with Crippen LogP contribution in [-0.4, -0.2) is 5.92 Å².